The van der Waals surface area contributed by atoms with Crippen LogP contribution in [0.15, 0.2) is 36.7 Å². The van der Waals surface area contributed by atoms with Gasteiger partial charge in [-0.25, -0.2) is 0 Å². The second kappa shape index (κ2) is 3.34. The topological polar surface area (TPSA) is 9.86 Å². The predicted octanol–water partition coefficient (Wildman–Crippen LogP) is 2.87. The van der Waals surface area contributed by atoms with Gasteiger partial charge in [0.1, 0.15) is 0 Å². The zero-order chi connectivity index (χ0) is 9.26. The molecule has 2 aromatic rings. The molecule has 0 bridgehead atoms. The summed E-state index contributed by atoms with van der Waals surface area (Å²) in [5.74, 6) is 0. The van der Waals surface area contributed by atoms with Crippen molar-refractivity contribution in [2.75, 3.05) is 0 Å². The van der Waals surface area contributed by atoms with Gasteiger partial charge in [0.05, 0.1) is 12.1 Å². The van der Waals surface area contributed by atoms with Gasteiger partial charge in [-0.3, -0.25) is 7.94 Å². The van der Waals surface area contributed by atoms with Crippen LogP contribution in [0.5, 0.6) is 0 Å². The van der Waals surface area contributed by atoms with Crippen LogP contribution in [-0.4, -0.2) is 7.94 Å². The molecule has 0 atom stereocenters. The average molecular weight is 192 g/mol. The molecule has 0 aliphatic rings. The quantitative estimate of drug-likeness (QED) is 0.711. The molecule has 0 spiro atoms. The minimum atomic E-state index is 1.26. The maximum absolute atomic E-state index is 2.15. The molecule has 0 aliphatic carbocycles. The summed E-state index contributed by atoms with van der Waals surface area (Å²) in [7, 11) is 0. The van der Waals surface area contributed by atoms with E-state index in [1.54, 1.807) is 12.1 Å². The van der Waals surface area contributed by atoms with E-state index in [0.29, 0.717) is 0 Å². The van der Waals surface area contributed by atoms with Gasteiger partial charge < -0.3 is 0 Å². The molecule has 0 saturated heterocycles. The summed E-state index contributed by atoms with van der Waals surface area (Å²) >= 11 is 1.69. The Labute approximate surface area is 82.5 Å². The van der Waals surface area contributed by atoms with Gasteiger partial charge in [0, 0.05) is 23.8 Å². The second-order valence-electron chi connectivity index (χ2n) is 3.03. The van der Waals surface area contributed by atoms with Gasteiger partial charge in [-0.1, -0.05) is 0 Å². The van der Waals surface area contributed by atoms with E-state index in [9.17, 15) is 0 Å². The lowest BCUT2D eigenvalue weighted by atomic mass is 10.5. The Bertz CT molecular complexity index is 362. The van der Waals surface area contributed by atoms with E-state index in [-0.39, 0.29) is 0 Å². The number of rotatable bonds is 2. The highest BCUT2D eigenvalue weighted by molar-refractivity contribution is 7.96. The van der Waals surface area contributed by atoms with E-state index >= 15 is 0 Å². The summed E-state index contributed by atoms with van der Waals surface area (Å²) in [6, 6.07) is 8.32. The maximum Gasteiger partial charge on any atom is 0.0798 e. The zero-order valence-corrected chi connectivity index (χ0v) is 8.58. The first kappa shape index (κ1) is 8.51. The molecule has 0 fully saturated rings. The normalized spacial score (nSPS) is 10.6. The molecule has 0 saturated carbocycles. The van der Waals surface area contributed by atoms with E-state index in [4.69, 9.17) is 0 Å². The van der Waals surface area contributed by atoms with Crippen molar-refractivity contribution < 1.29 is 0 Å². The number of nitrogens with zero attached hydrogens (tertiary/aromatic N) is 2. The Morgan fingerprint density at radius 1 is 0.923 bits per heavy atom. The molecule has 0 aliphatic heterocycles. The number of aromatic nitrogens is 2. The van der Waals surface area contributed by atoms with Gasteiger partial charge >= 0.3 is 0 Å². The molecule has 2 nitrogen and oxygen atoms in total. The van der Waals surface area contributed by atoms with Gasteiger partial charge in [0.2, 0.25) is 0 Å². The van der Waals surface area contributed by atoms with E-state index in [2.05, 4.69) is 58.5 Å². The van der Waals surface area contributed by atoms with Crippen molar-refractivity contribution in [2.24, 2.45) is 0 Å². The monoisotopic (exact) mass is 192 g/mol. The van der Waals surface area contributed by atoms with Crippen molar-refractivity contribution in [1.82, 2.24) is 7.94 Å². The van der Waals surface area contributed by atoms with Gasteiger partial charge in [0.25, 0.3) is 0 Å². The van der Waals surface area contributed by atoms with Crippen LogP contribution >= 0.6 is 12.1 Å². The highest BCUT2D eigenvalue weighted by Crippen LogP contribution is 2.16. The van der Waals surface area contributed by atoms with Crippen LogP contribution in [0.1, 0.15) is 11.4 Å². The van der Waals surface area contributed by atoms with Gasteiger partial charge in [-0.2, -0.15) is 0 Å². The standard InChI is InChI=1S/C10H12N2S/c1-9-5-3-7-11(9)13-12-8-4-6-10(12)2/h3-8H,1-2H3. The molecule has 0 radical (unpaired) electrons. The summed E-state index contributed by atoms with van der Waals surface area (Å²) < 4.78 is 4.29. The van der Waals surface area contributed by atoms with Crippen molar-refractivity contribution >= 4 is 12.1 Å². The summed E-state index contributed by atoms with van der Waals surface area (Å²) in [4.78, 5) is 0. The Kier molecular flexibility index (Phi) is 2.19. The van der Waals surface area contributed by atoms with Crippen molar-refractivity contribution in [1.29, 1.82) is 0 Å². The maximum atomic E-state index is 2.15. The van der Waals surface area contributed by atoms with Gasteiger partial charge in [-0.05, 0) is 38.1 Å². The molecule has 0 unspecified atom stereocenters. The summed E-state index contributed by atoms with van der Waals surface area (Å²) in [5.41, 5.74) is 2.52. The molecule has 13 heavy (non-hydrogen) atoms. The Morgan fingerprint density at radius 2 is 1.38 bits per heavy atom. The molecule has 2 heterocycles. The van der Waals surface area contributed by atoms with Gasteiger partial charge in [0.15, 0.2) is 0 Å². The third-order valence-electron chi connectivity index (χ3n) is 1.99. The lowest BCUT2D eigenvalue weighted by Crippen LogP contribution is -1.94. The Balaban J connectivity index is 2.24. The van der Waals surface area contributed by atoms with Crippen LogP contribution in [0.25, 0.3) is 0 Å². The van der Waals surface area contributed by atoms with Crippen LogP contribution < -0.4 is 0 Å². The van der Waals surface area contributed by atoms with Crippen LogP contribution in [0.4, 0.5) is 0 Å². The van der Waals surface area contributed by atoms with Crippen LogP contribution in [0, 0.1) is 13.8 Å². The number of hydrogen-bond donors (Lipinski definition) is 0. The van der Waals surface area contributed by atoms with Gasteiger partial charge in [-0.15, -0.1) is 0 Å². The first-order chi connectivity index (χ1) is 6.27. The van der Waals surface area contributed by atoms with Crippen LogP contribution in [0.3, 0.4) is 0 Å². The number of hydrogen-bond acceptors (Lipinski definition) is 1. The predicted molar refractivity (Wildman–Crippen MR) is 56.7 cm³/mol. The fourth-order valence-corrected chi connectivity index (χ4v) is 2.00. The molecule has 68 valence electrons. The third kappa shape index (κ3) is 1.65. The smallest absolute Gasteiger partial charge is 0.0798 e. The molecule has 0 amide bonds. The molecular weight excluding hydrogens is 180 g/mol. The molecule has 2 aromatic heterocycles. The number of aryl methyl sites for hydroxylation is 2. The Morgan fingerprint density at radius 3 is 1.69 bits per heavy atom. The Hall–Kier alpha value is -1.09. The first-order valence-electron chi connectivity index (χ1n) is 4.24. The van der Waals surface area contributed by atoms with E-state index < -0.39 is 0 Å². The van der Waals surface area contributed by atoms with Crippen molar-refractivity contribution in [2.45, 2.75) is 13.8 Å². The molecule has 3 heteroatoms. The fraction of sp³-hybridized carbons (Fsp3) is 0.200. The summed E-state index contributed by atoms with van der Waals surface area (Å²) in [6.07, 6.45) is 4.14. The van der Waals surface area contributed by atoms with Crippen molar-refractivity contribution in [3.05, 3.63) is 48.0 Å². The minimum absolute atomic E-state index is 1.26. The average Bonchev–Trinajstić information content (AvgIpc) is 2.65. The zero-order valence-electron chi connectivity index (χ0n) is 7.77. The largest absolute Gasteiger partial charge is 0.278 e. The van der Waals surface area contributed by atoms with E-state index in [0.717, 1.165) is 0 Å². The summed E-state index contributed by atoms with van der Waals surface area (Å²) in [6.45, 7) is 4.21. The molecule has 0 aromatic carbocycles. The second-order valence-corrected chi connectivity index (χ2v) is 3.98. The van der Waals surface area contributed by atoms with E-state index in [1.165, 1.54) is 11.4 Å². The SMILES string of the molecule is Cc1cccn1Sn1cccc1C. The minimum Gasteiger partial charge on any atom is -0.278 e. The lowest BCUT2D eigenvalue weighted by molar-refractivity contribution is 1.10. The molecular formula is C10H12N2S. The molecule has 2 rings (SSSR count). The van der Waals surface area contributed by atoms with Crippen LogP contribution in [-0.2, 0) is 0 Å². The van der Waals surface area contributed by atoms with Crippen molar-refractivity contribution in [3.63, 3.8) is 0 Å². The fourth-order valence-electron chi connectivity index (χ4n) is 1.18. The first-order valence-corrected chi connectivity index (χ1v) is 4.97. The van der Waals surface area contributed by atoms with Crippen LogP contribution in [0.2, 0.25) is 0 Å². The van der Waals surface area contributed by atoms with Crippen molar-refractivity contribution in [3.8, 4) is 0 Å². The van der Waals surface area contributed by atoms with E-state index in [1.807, 2.05) is 0 Å². The lowest BCUT2D eigenvalue weighted by Gasteiger charge is -2.06. The highest BCUT2D eigenvalue weighted by Gasteiger charge is 1.99. The molecule has 0 N–H and O–H groups in total. The third-order valence-corrected chi connectivity index (χ3v) is 3.16. The summed E-state index contributed by atoms with van der Waals surface area (Å²) in [5, 5.41) is 0. The highest BCUT2D eigenvalue weighted by atomic mass is 32.2.